The van der Waals surface area contributed by atoms with Crippen LogP contribution < -0.4 is 19.6 Å². The molecule has 0 amide bonds. The summed E-state index contributed by atoms with van der Waals surface area (Å²) < 4.78 is 0. The highest BCUT2D eigenvalue weighted by Crippen LogP contribution is 2.49. The van der Waals surface area contributed by atoms with Crippen molar-refractivity contribution in [2.45, 2.75) is 37.5 Å². The number of nitrogens with zero attached hydrogens (tertiary/aromatic N) is 4. The Kier molecular flexibility index (Phi) is 14.8. The molecule has 0 aromatic heterocycles. The van der Waals surface area contributed by atoms with Gasteiger partial charge in [-0.3, -0.25) is 0 Å². The van der Waals surface area contributed by atoms with Crippen LogP contribution in [0.15, 0.2) is 328 Å². The largest absolute Gasteiger partial charge is 0.311 e. The van der Waals surface area contributed by atoms with Crippen LogP contribution in [0.4, 0.5) is 68.2 Å². The molecule has 0 unspecified atom stereocenters. The summed E-state index contributed by atoms with van der Waals surface area (Å²) in [6.07, 6.45) is 5.77. The van der Waals surface area contributed by atoms with Crippen molar-refractivity contribution < 1.29 is 0 Å². The Balaban J connectivity index is 0.803. The second kappa shape index (κ2) is 23.7. The zero-order valence-corrected chi connectivity index (χ0v) is 46.0. The van der Waals surface area contributed by atoms with Crippen LogP contribution in [0, 0.1) is 0 Å². The molecule has 0 saturated heterocycles. The van der Waals surface area contributed by atoms with E-state index in [2.05, 4.69) is 347 Å². The zero-order valence-electron chi connectivity index (χ0n) is 46.0. The molecule has 12 aromatic carbocycles. The van der Waals surface area contributed by atoms with Crippen LogP contribution in [0.3, 0.4) is 0 Å². The van der Waals surface area contributed by atoms with Crippen molar-refractivity contribution in [2.75, 3.05) is 19.6 Å². The van der Waals surface area contributed by atoms with Crippen LogP contribution in [-0.2, 0) is 5.41 Å². The maximum absolute atomic E-state index is 2.48. The van der Waals surface area contributed by atoms with E-state index < -0.39 is 0 Å². The van der Waals surface area contributed by atoms with Crippen LogP contribution in [0.2, 0.25) is 0 Å². The molecule has 1 fully saturated rings. The minimum absolute atomic E-state index is 0.172. The number of hydrogen-bond acceptors (Lipinski definition) is 4. The van der Waals surface area contributed by atoms with E-state index in [1.165, 1.54) is 52.6 Å². The Bertz CT molecular complexity index is 3630. The van der Waals surface area contributed by atoms with E-state index in [0.717, 1.165) is 81.1 Å². The van der Waals surface area contributed by atoms with E-state index >= 15 is 0 Å². The van der Waals surface area contributed by atoms with Crippen LogP contribution in [0.25, 0.3) is 22.3 Å². The fraction of sp³-hybridized carbons (Fsp3) is 0.0769. The van der Waals surface area contributed by atoms with Gasteiger partial charge in [0.25, 0.3) is 0 Å². The molecule has 12 aromatic rings. The van der Waals surface area contributed by atoms with Crippen molar-refractivity contribution in [2.24, 2.45) is 0 Å². The summed E-state index contributed by atoms with van der Waals surface area (Å²) in [5, 5.41) is 0. The molecule has 0 bridgehead atoms. The predicted molar refractivity (Wildman–Crippen MR) is 346 cm³/mol. The Morgan fingerprint density at radius 3 is 0.634 bits per heavy atom. The Morgan fingerprint density at radius 1 is 0.183 bits per heavy atom. The topological polar surface area (TPSA) is 13.0 Å². The summed E-state index contributed by atoms with van der Waals surface area (Å²) in [6, 6.07) is 119. The van der Waals surface area contributed by atoms with Crippen LogP contribution in [-0.4, -0.2) is 0 Å². The average Bonchev–Trinajstić information content (AvgIpc) is 3.67. The third-order valence-corrected chi connectivity index (χ3v) is 16.3. The highest BCUT2D eigenvalue weighted by atomic mass is 15.2. The van der Waals surface area contributed by atoms with Crippen molar-refractivity contribution in [3.05, 3.63) is 339 Å². The Morgan fingerprint density at radius 2 is 0.390 bits per heavy atom. The third kappa shape index (κ3) is 10.7. The lowest BCUT2D eigenvalue weighted by Gasteiger charge is -2.40. The molecular formula is C78H64N4. The molecule has 1 saturated carbocycles. The van der Waals surface area contributed by atoms with Gasteiger partial charge >= 0.3 is 0 Å². The van der Waals surface area contributed by atoms with Gasteiger partial charge in [0, 0.05) is 73.7 Å². The summed E-state index contributed by atoms with van der Waals surface area (Å²) in [6.45, 7) is 0. The van der Waals surface area contributed by atoms with Crippen LogP contribution in [0.5, 0.6) is 0 Å². The first-order valence-electron chi connectivity index (χ1n) is 28.8. The van der Waals surface area contributed by atoms with Gasteiger partial charge in [-0.15, -0.1) is 0 Å². The first-order valence-corrected chi connectivity index (χ1v) is 28.8. The third-order valence-electron chi connectivity index (χ3n) is 16.3. The van der Waals surface area contributed by atoms with E-state index in [-0.39, 0.29) is 5.41 Å². The minimum Gasteiger partial charge on any atom is -0.311 e. The van der Waals surface area contributed by atoms with Crippen LogP contribution >= 0.6 is 0 Å². The highest BCUT2D eigenvalue weighted by Gasteiger charge is 2.37. The van der Waals surface area contributed by atoms with Gasteiger partial charge in [0.05, 0.1) is 0 Å². The number of para-hydroxylation sites is 6. The van der Waals surface area contributed by atoms with Gasteiger partial charge in [0.15, 0.2) is 0 Å². The molecule has 0 heterocycles. The van der Waals surface area contributed by atoms with Gasteiger partial charge in [0.1, 0.15) is 0 Å². The monoisotopic (exact) mass is 1060 g/mol. The van der Waals surface area contributed by atoms with E-state index in [1.807, 2.05) is 0 Å². The van der Waals surface area contributed by atoms with Crippen molar-refractivity contribution >= 4 is 68.2 Å². The lowest BCUT2D eigenvalue weighted by molar-refractivity contribution is 0.346. The fourth-order valence-electron chi connectivity index (χ4n) is 12.2. The van der Waals surface area contributed by atoms with Crippen molar-refractivity contribution in [1.29, 1.82) is 0 Å². The molecule has 4 heteroatoms. The van der Waals surface area contributed by atoms with Crippen molar-refractivity contribution in [3.63, 3.8) is 0 Å². The molecule has 0 aliphatic heterocycles. The van der Waals surface area contributed by atoms with E-state index in [9.17, 15) is 0 Å². The molecular weight excluding hydrogens is 993 g/mol. The first kappa shape index (κ1) is 51.3. The van der Waals surface area contributed by atoms with E-state index in [1.54, 1.807) is 0 Å². The molecule has 0 radical (unpaired) electrons. The maximum atomic E-state index is 2.48. The summed E-state index contributed by atoms with van der Waals surface area (Å²) >= 11 is 0. The van der Waals surface area contributed by atoms with Gasteiger partial charge in [-0.1, -0.05) is 201 Å². The second-order valence-corrected chi connectivity index (χ2v) is 21.3. The molecule has 0 atom stereocenters. The smallest absolute Gasteiger partial charge is 0.0464 e. The molecule has 396 valence electrons. The predicted octanol–water partition coefficient (Wildman–Crippen LogP) is 22.2. The lowest BCUT2D eigenvalue weighted by Crippen LogP contribution is -2.31. The summed E-state index contributed by atoms with van der Waals surface area (Å²) in [5.74, 6) is 0. The number of benzene rings is 12. The van der Waals surface area contributed by atoms with Gasteiger partial charge in [0.2, 0.25) is 0 Å². The fourth-order valence-corrected chi connectivity index (χ4v) is 12.2. The summed E-state index contributed by atoms with van der Waals surface area (Å²) in [4.78, 5) is 9.44. The number of anilines is 12. The molecule has 4 nitrogen and oxygen atoms in total. The van der Waals surface area contributed by atoms with E-state index in [4.69, 9.17) is 0 Å². The van der Waals surface area contributed by atoms with Crippen molar-refractivity contribution in [3.8, 4) is 22.3 Å². The normalized spacial score (nSPS) is 12.7. The van der Waals surface area contributed by atoms with Gasteiger partial charge in [-0.05, 0) is 192 Å². The van der Waals surface area contributed by atoms with Gasteiger partial charge < -0.3 is 19.6 Å². The average molecular weight is 1060 g/mol. The van der Waals surface area contributed by atoms with Gasteiger partial charge in [-0.2, -0.15) is 0 Å². The zero-order chi connectivity index (χ0) is 54.9. The second-order valence-electron chi connectivity index (χ2n) is 21.3. The number of rotatable bonds is 16. The quantitative estimate of drug-likeness (QED) is 0.0956. The summed E-state index contributed by atoms with van der Waals surface area (Å²) in [7, 11) is 0. The molecule has 0 spiro atoms. The molecule has 13 rings (SSSR count). The Hall–Kier alpha value is -10.2. The minimum atomic E-state index is -0.172. The number of hydrogen-bond donors (Lipinski definition) is 0. The molecule has 1 aliphatic carbocycles. The van der Waals surface area contributed by atoms with Crippen molar-refractivity contribution in [1.82, 2.24) is 0 Å². The van der Waals surface area contributed by atoms with Crippen LogP contribution in [0.1, 0.15) is 43.2 Å². The lowest BCUT2D eigenvalue weighted by atomic mass is 9.65. The van der Waals surface area contributed by atoms with Gasteiger partial charge in [-0.25, -0.2) is 0 Å². The first-order chi connectivity index (χ1) is 40.6. The molecule has 1 aliphatic rings. The SMILES string of the molecule is c1ccc(N(c2ccccc2)c2ccc(-c3ccc(N(c4ccccc4)c4cccc(C5(c6cccc(N(c7ccccc7)c7ccc(-c8ccc(N(c9ccccc9)c9ccccc9)cc8)cc7)c6)CCCCC5)c4)cc3)cc2)cc1. The highest BCUT2D eigenvalue weighted by molar-refractivity contribution is 5.84. The standard InChI is InChI=1S/C78H64N4/c1-8-26-66(27-9-1)79(67-28-10-2-11-29-67)72-48-40-60(41-49-72)62-44-52-74(53-45-62)81(70-34-16-5-17-35-70)76-38-22-24-64(58-76)78(56-20-7-21-57-78)65-25-23-39-77(59-65)82(71-36-18-6-19-37-71)75-54-46-63(47-55-75)61-42-50-73(51-43-61)80(68-30-12-3-13-31-68)69-32-14-4-15-33-69/h1-6,8-19,22-55,58-59H,7,20-21,56-57H2. The maximum Gasteiger partial charge on any atom is 0.0464 e. The molecule has 82 heavy (non-hydrogen) atoms. The van der Waals surface area contributed by atoms with E-state index in [0.29, 0.717) is 0 Å². The molecule has 0 N–H and O–H groups in total. The Labute approximate surface area is 483 Å². The summed E-state index contributed by atoms with van der Waals surface area (Å²) in [5.41, 5.74) is 20.7.